The molecule has 4 nitrogen and oxygen atoms in total. The summed E-state index contributed by atoms with van der Waals surface area (Å²) < 4.78 is -0.207. The number of likely N-dealkylation sites (N-methyl/N-ethyl adjacent to an activating group) is 1. The van der Waals surface area contributed by atoms with Crippen LogP contribution in [0, 0.1) is 5.21 Å². The molecule has 3 rings (SSSR count). The molecule has 0 saturated carbocycles. The van der Waals surface area contributed by atoms with Crippen LogP contribution in [0.4, 0.5) is 0 Å². The SMILES string of the molecule is CCN(CC)CC[N+]1([O-])Cc2ccccc2C1c1cccnc1. The maximum atomic E-state index is 13.7. The third-order valence-electron chi connectivity index (χ3n) is 4.95. The standard InChI is InChI=1S/C19H25N3O/c1-3-21(4-2)12-13-22(23)15-17-8-5-6-10-18(17)19(22)16-9-7-11-20-14-16/h5-11,14,19H,3-4,12-13,15H2,1-2H3. The number of fused-ring (bicyclic) bond motifs is 1. The minimum Gasteiger partial charge on any atom is -0.632 e. The highest BCUT2D eigenvalue weighted by Crippen LogP contribution is 2.43. The zero-order valence-electron chi connectivity index (χ0n) is 14.0. The predicted octanol–water partition coefficient (Wildman–Crippen LogP) is 3.34. The summed E-state index contributed by atoms with van der Waals surface area (Å²) in [5, 5.41) is 13.7. The van der Waals surface area contributed by atoms with E-state index in [1.165, 1.54) is 5.56 Å². The van der Waals surface area contributed by atoms with Gasteiger partial charge in [-0.15, -0.1) is 0 Å². The molecule has 4 heteroatoms. The Hall–Kier alpha value is -1.75. The lowest BCUT2D eigenvalue weighted by Crippen LogP contribution is -2.46. The molecular weight excluding hydrogens is 286 g/mol. The quantitative estimate of drug-likeness (QED) is 0.607. The van der Waals surface area contributed by atoms with E-state index in [0.717, 1.165) is 30.8 Å². The molecular formula is C19H25N3O. The van der Waals surface area contributed by atoms with Gasteiger partial charge in [0.1, 0.15) is 12.6 Å². The van der Waals surface area contributed by atoms with Gasteiger partial charge in [0.05, 0.1) is 6.54 Å². The molecule has 2 unspecified atom stereocenters. The van der Waals surface area contributed by atoms with Gasteiger partial charge in [0, 0.05) is 35.6 Å². The molecule has 0 spiro atoms. The lowest BCUT2D eigenvalue weighted by molar-refractivity contribution is -0.911. The van der Waals surface area contributed by atoms with Gasteiger partial charge in [-0.3, -0.25) is 9.88 Å². The van der Waals surface area contributed by atoms with Crippen LogP contribution in [0.3, 0.4) is 0 Å². The molecule has 2 atom stereocenters. The number of rotatable bonds is 6. The fourth-order valence-corrected chi connectivity index (χ4v) is 3.63. The molecule has 0 fully saturated rings. The Morgan fingerprint density at radius 1 is 1.17 bits per heavy atom. The summed E-state index contributed by atoms with van der Waals surface area (Å²) in [6, 6.07) is 12.0. The summed E-state index contributed by atoms with van der Waals surface area (Å²) in [5.74, 6) is 0. The largest absolute Gasteiger partial charge is 0.632 e. The zero-order valence-corrected chi connectivity index (χ0v) is 14.0. The van der Waals surface area contributed by atoms with Crippen molar-refractivity contribution in [2.45, 2.75) is 26.4 Å². The molecule has 1 aliphatic rings. The normalized spacial score (nSPS) is 23.2. The number of aromatic nitrogens is 1. The number of hydroxylamine groups is 3. The minimum absolute atomic E-state index is 0.157. The molecule has 0 radical (unpaired) electrons. The van der Waals surface area contributed by atoms with Crippen LogP contribution in [0.2, 0.25) is 0 Å². The van der Waals surface area contributed by atoms with E-state index >= 15 is 0 Å². The van der Waals surface area contributed by atoms with E-state index in [0.29, 0.717) is 13.1 Å². The van der Waals surface area contributed by atoms with Crippen molar-refractivity contribution in [3.8, 4) is 0 Å². The number of nitrogens with zero attached hydrogens (tertiary/aromatic N) is 3. The topological polar surface area (TPSA) is 39.2 Å². The van der Waals surface area contributed by atoms with Crippen LogP contribution < -0.4 is 0 Å². The summed E-state index contributed by atoms with van der Waals surface area (Å²) in [5.41, 5.74) is 3.36. The first-order chi connectivity index (χ1) is 11.2. The first-order valence-corrected chi connectivity index (χ1v) is 8.45. The number of quaternary nitrogens is 1. The van der Waals surface area contributed by atoms with E-state index in [2.05, 4.69) is 35.9 Å². The Kier molecular flexibility index (Phi) is 4.76. The molecule has 0 bridgehead atoms. The molecule has 23 heavy (non-hydrogen) atoms. The molecule has 1 aromatic heterocycles. The third kappa shape index (κ3) is 3.15. The minimum atomic E-state index is -0.207. The molecule has 1 aliphatic heterocycles. The Labute approximate surface area is 138 Å². The molecule has 122 valence electrons. The van der Waals surface area contributed by atoms with Gasteiger partial charge in [-0.2, -0.15) is 0 Å². The van der Waals surface area contributed by atoms with Crippen LogP contribution in [0.5, 0.6) is 0 Å². The van der Waals surface area contributed by atoms with Gasteiger partial charge in [0.15, 0.2) is 0 Å². The maximum absolute atomic E-state index is 13.7. The van der Waals surface area contributed by atoms with Gasteiger partial charge in [-0.25, -0.2) is 0 Å². The average molecular weight is 311 g/mol. The Morgan fingerprint density at radius 3 is 2.65 bits per heavy atom. The first-order valence-electron chi connectivity index (χ1n) is 8.45. The van der Waals surface area contributed by atoms with E-state index in [-0.39, 0.29) is 10.7 Å². The van der Waals surface area contributed by atoms with Crippen molar-refractivity contribution < 1.29 is 4.65 Å². The van der Waals surface area contributed by atoms with Crippen LogP contribution in [-0.2, 0) is 6.54 Å². The van der Waals surface area contributed by atoms with Crippen LogP contribution in [0.15, 0.2) is 48.8 Å². The van der Waals surface area contributed by atoms with Crippen LogP contribution in [-0.4, -0.2) is 40.7 Å². The fraction of sp³-hybridized carbons (Fsp3) is 0.421. The van der Waals surface area contributed by atoms with Gasteiger partial charge in [0.25, 0.3) is 0 Å². The second-order valence-corrected chi connectivity index (χ2v) is 6.25. The first kappa shape index (κ1) is 16.1. The lowest BCUT2D eigenvalue weighted by Gasteiger charge is -2.45. The van der Waals surface area contributed by atoms with Gasteiger partial charge in [0.2, 0.25) is 0 Å². The molecule has 0 N–H and O–H groups in total. The summed E-state index contributed by atoms with van der Waals surface area (Å²) in [4.78, 5) is 6.56. The summed E-state index contributed by atoms with van der Waals surface area (Å²) in [6.07, 6.45) is 3.61. The Balaban J connectivity index is 1.93. The van der Waals surface area contributed by atoms with Crippen LogP contribution in [0.25, 0.3) is 0 Å². The average Bonchev–Trinajstić information content (AvgIpc) is 2.88. The second-order valence-electron chi connectivity index (χ2n) is 6.25. The Morgan fingerprint density at radius 2 is 1.96 bits per heavy atom. The predicted molar refractivity (Wildman–Crippen MR) is 92.5 cm³/mol. The van der Waals surface area contributed by atoms with E-state index < -0.39 is 0 Å². The van der Waals surface area contributed by atoms with Crippen molar-refractivity contribution in [2.75, 3.05) is 26.2 Å². The zero-order chi connectivity index (χ0) is 16.3. The highest BCUT2D eigenvalue weighted by atomic mass is 16.5. The Bertz CT molecular complexity index is 642. The van der Waals surface area contributed by atoms with Gasteiger partial charge in [-0.05, 0) is 25.2 Å². The van der Waals surface area contributed by atoms with Crippen LogP contribution >= 0.6 is 0 Å². The number of hydrogen-bond donors (Lipinski definition) is 0. The molecule has 0 aliphatic carbocycles. The van der Waals surface area contributed by atoms with Crippen molar-refractivity contribution >= 4 is 0 Å². The smallest absolute Gasteiger partial charge is 0.142 e. The van der Waals surface area contributed by atoms with E-state index in [1.807, 2.05) is 30.5 Å². The van der Waals surface area contributed by atoms with Gasteiger partial charge < -0.3 is 9.85 Å². The fourth-order valence-electron chi connectivity index (χ4n) is 3.63. The van der Waals surface area contributed by atoms with Gasteiger partial charge in [-0.1, -0.05) is 38.1 Å². The van der Waals surface area contributed by atoms with E-state index in [9.17, 15) is 5.21 Å². The number of hydrogen-bond acceptors (Lipinski definition) is 3. The number of benzene rings is 1. The van der Waals surface area contributed by atoms with Crippen molar-refractivity contribution in [1.29, 1.82) is 0 Å². The van der Waals surface area contributed by atoms with E-state index in [4.69, 9.17) is 0 Å². The molecule has 2 heterocycles. The van der Waals surface area contributed by atoms with E-state index in [1.54, 1.807) is 6.20 Å². The van der Waals surface area contributed by atoms with Crippen molar-refractivity contribution in [2.24, 2.45) is 0 Å². The summed E-state index contributed by atoms with van der Waals surface area (Å²) in [7, 11) is 0. The summed E-state index contributed by atoms with van der Waals surface area (Å²) >= 11 is 0. The van der Waals surface area contributed by atoms with Crippen molar-refractivity contribution in [3.63, 3.8) is 0 Å². The maximum Gasteiger partial charge on any atom is 0.142 e. The second kappa shape index (κ2) is 6.79. The highest BCUT2D eigenvalue weighted by molar-refractivity contribution is 5.37. The van der Waals surface area contributed by atoms with Crippen LogP contribution in [0.1, 0.15) is 36.6 Å². The monoisotopic (exact) mass is 311 g/mol. The molecule has 2 aromatic rings. The molecule has 0 amide bonds. The van der Waals surface area contributed by atoms with Gasteiger partial charge >= 0.3 is 0 Å². The van der Waals surface area contributed by atoms with Crippen molar-refractivity contribution in [3.05, 3.63) is 70.7 Å². The number of pyridine rings is 1. The lowest BCUT2D eigenvalue weighted by atomic mass is 9.99. The molecule has 1 aromatic carbocycles. The third-order valence-corrected chi connectivity index (χ3v) is 4.95. The van der Waals surface area contributed by atoms with Crippen molar-refractivity contribution in [1.82, 2.24) is 9.88 Å². The highest BCUT2D eigenvalue weighted by Gasteiger charge is 2.40. The summed E-state index contributed by atoms with van der Waals surface area (Å²) in [6.45, 7) is 8.27. The molecule has 0 saturated heterocycles.